The third kappa shape index (κ3) is 4.81. The van der Waals surface area contributed by atoms with Gasteiger partial charge in [-0.2, -0.15) is 13.2 Å². The number of carbonyl (C=O) groups is 1. The van der Waals surface area contributed by atoms with Gasteiger partial charge in [0.15, 0.2) is 0 Å². The predicted molar refractivity (Wildman–Crippen MR) is 89.2 cm³/mol. The number of carbonyl (C=O) groups excluding carboxylic acids is 1. The van der Waals surface area contributed by atoms with E-state index < -0.39 is 30.6 Å². The van der Waals surface area contributed by atoms with Gasteiger partial charge in [0.2, 0.25) is 6.10 Å². The molecule has 7 nitrogen and oxygen atoms in total. The van der Waals surface area contributed by atoms with Crippen LogP contribution in [0.3, 0.4) is 0 Å². The smallest absolute Gasteiger partial charge is 0.427 e. The number of hydrogen-bond donors (Lipinski definition) is 2. The number of aliphatic hydroxyl groups is 1. The molecule has 10 heteroatoms. The lowest BCUT2D eigenvalue weighted by molar-refractivity contribution is -0.215. The minimum absolute atomic E-state index is 0.0856. The molecule has 0 bridgehead atoms. The van der Waals surface area contributed by atoms with Crippen molar-refractivity contribution in [3.05, 3.63) is 24.4 Å². The summed E-state index contributed by atoms with van der Waals surface area (Å²) in [4.78, 5) is 17.4. The SMILES string of the molecule is O=C(OC(CO)C(F)(F)F)N1CCC2(CC1)CC(Nc1ccccn1)CO2. The first-order valence-corrected chi connectivity index (χ1v) is 8.76. The number of pyridine rings is 1. The van der Waals surface area contributed by atoms with Crippen LogP contribution in [0.25, 0.3) is 0 Å². The molecule has 150 valence electrons. The normalized spacial score (nSPS) is 23.3. The molecule has 1 aromatic heterocycles. The van der Waals surface area contributed by atoms with Gasteiger partial charge in [-0.05, 0) is 31.4 Å². The Morgan fingerprint density at radius 3 is 2.78 bits per heavy atom. The largest absolute Gasteiger partial charge is 0.434 e. The topological polar surface area (TPSA) is 83.9 Å². The van der Waals surface area contributed by atoms with Crippen molar-refractivity contribution in [2.75, 3.05) is 31.6 Å². The zero-order chi connectivity index (χ0) is 19.5. The van der Waals surface area contributed by atoms with Crippen LogP contribution in [0.4, 0.5) is 23.8 Å². The average molecular weight is 389 g/mol. The fraction of sp³-hybridized carbons (Fsp3) is 0.647. The molecule has 3 rings (SSSR count). The lowest BCUT2D eigenvalue weighted by Crippen LogP contribution is -2.49. The number of anilines is 1. The lowest BCUT2D eigenvalue weighted by Gasteiger charge is -2.38. The molecule has 2 saturated heterocycles. The number of ether oxygens (including phenoxy) is 2. The third-order valence-corrected chi connectivity index (χ3v) is 4.93. The van der Waals surface area contributed by atoms with E-state index in [0.717, 1.165) is 12.2 Å². The number of alkyl halides is 3. The van der Waals surface area contributed by atoms with Crippen LogP contribution in [-0.2, 0) is 9.47 Å². The predicted octanol–water partition coefficient (Wildman–Crippen LogP) is 2.18. The van der Waals surface area contributed by atoms with E-state index in [0.29, 0.717) is 19.4 Å². The molecule has 1 spiro atoms. The Morgan fingerprint density at radius 1 is 1.44 bits per heavy atom. The molecule has 1 aromatic rings. The van der Waals surface area contributed by atoms with Gasteiger partial charge in [-0.25, -0.2) is 9.78 Å². The number of amides is 1. The fourth-order valence-electron chi connectivity index (χ4n) is 3.44. The summed E-state index contributed by atoms with van der Waals surface area (Å²) < 4.78 is 48.2. The van der Waals surface area contributed by atoms with Crippen LogP contribution in [0.1, 0.15) is 19.3 Å². The second kappa shape index (κ2) is 7.89. The monoisotopic (exact) mass is 389 g/mol. The first kappa shape index (κ1) is 19.7. The molecule has 0 radical (unpaired) electrons. The summed E-state index contributed by atoms with van der Waals surface area (Å²) in [6.07, 6.45) is -4.91. The number of aliphatic hydroxyl groups excluding tert-OH is 1. The second-order valence-electron chi connectivity index (χ2n) is 6.84. The molecular weight excluding hydrogens is 367 g/mol. The van der Waals surface area contributed by atoms with Crippen LogP contribution >= 0.6 is 0 Å². The molecular formula is C17H22F3N3O4. The standard InChI is InChI=1S/C17H22F3N3O4/c18-17(19,20)13(10-24)27-15(25)23-7-4-16(5-8-23)9-12(11-26-16)22-14-3-1-2-6-21-14/h1-3,6,12-13,24H,4-5,7-11H2,(H,21,22). The lowest BCUT2D eigenvalue weighted by atomic mass is 9.87. The van der Waals surface area contributed by atoms with Gasteiger partial charge >= 0.3 is 12.3 Å². The van der Waals surface area contributed by atoms with Crippen LogP contribution in [-0.4, -0.2) is 71.3 Å². The molecule has 1 amide bonds. The number of likely N-dealkylation sites (tertiary alicyclic amines) is 1. The van der Waals surface area contributed by atoms with E-state index in [9.17, 15) is 18.0 Å². The van der Waals surface area contributed by atoms with Gasteiger partial charge in [-0.3, -0.25) is 0 Å². The highest BCUT2D eigenvalue weighted by atomic mass is 19.4. The van der Waals surface area contributed by atoms with E-state index in [4.69, 9.17) is 9.84 Å². The van der Waals surface area contributed by atoms with E-state index in [1.165, 1.54) is 4.90 Å². The molecule has 2 atom stereocenters. The molecule has 2 aliphatic heterocycles. The van der Waals surface area contributed by atoms with Gasteiger partial charge in [-0.15, -0.1) is 0 Å². The Bertz CT molecular complexity index is 636. The summed E-state index contributed by atoms with van der Waals surface area (Å²) in [6.45, 7) is -0.311. The number of nitrogens with one attached hydrogen (secondary N) is 1. The molecule has 2 N–H and O–H groups in total. The van der Waals surface area contributed by atoms with Crippen molar-refractivity contribution in [2.45, 2.75) is 43.2 Å². The summed E-state index contributed by atoms with van der Waals surface area (Å²) in [5.74, 6) is 0.756. The Labute approximate surface area is 154 Å². The van der Waals surface area contributed by atoms with E-state index in [2.05, 4.69) is 15.0 Å². The fourth-order valence-corrected chi connectivity index (χ4v) is 3.44. The zero-order valence-corrected chi connectivity index (χ0v) is 14.6. The molecule has 0 aromatic carbocycles. The summed E-state index contributed by atoms with van der Waals surface area (Å²) >= 11 is 0. The summed E-state index contributed by atoms with van der Waals surface area (Å²) in [7, 11) is 0. The van der Waals surface area contributed by atoms with Gasteiger partial charge < -0.3 is 24.8 Å². The van der Waals surface area contributed by atoms with Crippen molar-refractivity contribution in [3.8, 4) is 0 Å². The Balaban J connectivity index is 1.49. The highest BCUT2D eigenvalue weighted by Crippen LogP contribution is 2.37. The maximum atomic E-state index is 12.6. The summed E-state index contributed by atoms with van der Waals surface area (Å²) in [6, 6.07) is 5.66. The highest BCUT2D eigenvalue weighted by molar-refractivity contribution is 5.68. The van der Waals surface area contributed by atoms with Gasteiger partial charge in [0, 0.05) is 19.3 Å². The van der Waals surface area contributed by atoms with Gasteiger partial charge in [0.05, 0.1) is 24.9 Å². The number of nitrogens with zero attached hydrogens (tertiary/aromatic N) is 2. The minimum Gasteiger partial charge on any atom is -0.434 e. The number of rotatable bonds is 4. The summed E-state index contributed by atoms with van der Waals surface area (Å²) in [5, 5.41) is 12.1. The quantitative estimate of drug-likeness (QED) is 0.821. The molecule has 0 saturated carbocycles. The average Bonchev–Trinajstić information content (AvgIpc) is 3.02. The molecule has 0 aliphatic carbocycles. The van der Waals surface area contributed by atoms with Crippen molar-refractivity contribution < 1.29 is 32.5 Å². The van der Waals surface area contributed by atoms with E-state index in [1.54, 1.807) is 6.20 Å². The first-order valence-electron chi connectivity index (χ1n) is 8.76. The van der Waals surface area contributed by atoms with Crippen LogP contribution in [0.2, 0.25) is 0 Å². The zero-order valence-electron chi connectivity index (χ0n) is 14.6. The number of piperidine rings is 1. The molecule has 2 fully saturated rings. The van der Waals surface area contributed by atoms with E-state index in [-0.39, 0.29) is 19.1 Å². The van der Waals surface area contributed by atoms with E-state index in [1.807, 2.05) is 18.2 Å². The maximum absolute atomic E-state index is 12.6. The highest BCUT2D eigenvalue weighted by Gasteiger charge is 2.46. The van der Waals surface area contributed by atoms with E-state index >= 15 is 0 Å². The molecule has 27 heavy (non-hydrogen) atoms. The number of halogens is 3. The van der Waals surface area contributed by atoms with Crippen LogP contribution in [0, 0.1) is 0 Å². The minimum atomic E-state index is -4.79. The van der Waals surface area contributed by atoms with Crippen molar-refractivity contribution in [1.82, 2.24) is 9.88 Å². The van der Waals surface area contributed by atoms with Crippen LogP contribution < -0.4 is 5.32 Å². The van der Waals surface area contributed by atoms with Gasteiger partial charge in [0.1, 0.15) is 5.82 Å². The van der Waals surface area contributed by atoms with Crippen molar-refractivity contribution in [3.63, 3.8) is 0 Å². The molecule has 3 heterocycles. The molecule has 2 unspecified atom stereocenters. The van der Waals surface area contributed by atoms with Crippen molar-refractivity contribution >= 4 is 11.9 Å². The maximum Gasteiger partial charge on any atom is 0.427 e. The Kier molecular flexibility index (Phi) is 5.75. The van der Waals surface area contributed by atoms with Crippen LogP contribution in [0.15, 0.2) is 24.4 Å². The van der Waals surface area contributed by atoms with Crippen LogP contribution in [0.5, 0.6) is 0 Å². The number of aromatic nitrogens is 1. The van der Waals surface area contributed by atoms with Gasteiger partial charge in [-0.1, -0.05) is 6.07 Å². The molecule has 2 aliphatic rings. The van der Waals surface area contributed by atoms with Crippen molar-refractivity contribution in [1.29, 1.82) is 0 Å². The third-order valence-electron chi connectivity index (χ3n) is 4.93. The first-order chi connectivity index (χ1) is 12.8. The second-order valence-corrected chi connectivity index (χ2v) is 6.84. The Morgan fingerprint density at radius 2 is 2.19 bits per heavy atom. The van der Waals surface area contributed by atoms with Crippen molar-refractivity contribution in [2.24, 2.45) is 0 Å². The Hall–Kier alpha value is -2.07. The number of hydrogen-bond acceptors (Lipinski definition) is 6. The van der Waals surface area contributed by atoms with Gasteiger partial charge in [0.25, 0.3) is 0 Å². The summed E-state index contributed by atoms with van der Waals surface area (Å²) in [5.41, 5.74) is -0.399.